The molecule has 7 heteroatoms. The van der Waals surface area contributed by atoms with Crippen LogP contribution < -0.4 is 0 Å². The van der Waals surface area contributed by atoms with E-state index in [1.54, 1.807) is 24.0 Å². The summed E-state index contributed by atoms with van der Waals surface area (Å²) < 4.78 is 49.3. The van der Waals surface area contributed by atoms with Crippen molar-refractivity contribution in [1.29, 1.82) is 0 Å². The fraction of sp³-hybridized carbons (Fsp3) is 0.389. The summed E-state index contributed by atoms with van der Waals surface area (Å²) in [4.78, 5) is 14.1. The smallest absolute Gasteiger partial charge is 0.416 e. The molecular formula is C18H18F3NO3. The lowest BCUT2D eigenvalue weighted by Gasteiger charge is -2.32. The summed E-state index contributed by atoms with van der Waals surface area (Å²) in [7, 11) is 0. The molecule has 0 N–H and O–H groups in total. The molecule has 134 valence electrons. The predicted octanol–water partition coefficient (Wildman–Crippen LogP) is 3.69. The van der Waals surface area contributed by atoms with E-state index in [0.29, 0.717) is 37.4 Å². The van der Waals surface area contributed by atoms with E-state index in [0.717, 1.165) is 17.7 Å². The van der Waals surface area contributed by atoms with Gasteiger partial charge in [0.15, 0.2) is 5.76 Å². The van der Waals surface area contributed by atoms with Crippen molar-refractivity contribution in [2.24, 2.45) is 0 Å². The third-order valence-electron chi connectivity index (χ3n) is 4.20. The van der Waals surface area contributed by atoms with Gasteiger partial charge in [0.05, 0.1) is 24.5 Å². The molecule has 2 heterocycles. The molecule has 3 rings (SSSR count). The number of alkyl halides is 3. The van der Waals surface area contributed by atoms with Gasteiger partial charge in [0.25, 0.3) is 5.91 Å². The van der Waals surface area contributed by atoms with Gasteiger partial charge in [0.1, 0.15) is 0 Å². The van der Waals surface area contributed by atoms with Crippen LogP contribution in [0.3, 0.4) is 0 Å². The number of ether oxygens (including phenoxy) is 1. The number of carbonyl (C=O) groups is 1. The van der Waals surface area contributed by atoms with E-state index in [1.165, 1.54) is 12.3 Å². The molecule has 25 heavy (non-hydrogen) atoms. The van der Waals surface area contributed by atoms with Crippen molar-refractivity contribution in [3.63, 3.8) is 0 Å². The molecule has 1 saturated heterocycles. The average Bonchev–Trinajstić information content (AvgIpc) is 3.00. The number of furan rings is 1. The molecule has 1 amide bonds. The predicted molar refractivity (Wildman–Crippen MR) is 84.2 cm³/mol. The molecule has 4 nitrogen and oxygen atoms in total. The maximum atomic E-state index is 12.8. The topological polar surface area (TPSA) is 42.7 Å². The van der Waals surface area contributed by atoms with Crippen LogP contribution in [0.2, 0.25) is 0 Å². The molecule has 1 aliphatic rings. The molecule has 0 spiro atoms. The van der Waals surface area contributed by atoms with E-state index in [9.17, 15) is 18.0 Å². The van der Waals surface area contributed by atoms with Gasteiger partial charge in [-0.25, -0.2) is 0 Å². The number of amides is 1. The van der Waals surface area contributed by atoms with Crippen LogP contribution in [0.5, 0.6) is 0 Å². The highest BCUT2D eigenvalue weighted by Gasteiger charge is 2.31. The van der Waals surface area contributed by atoms with Gasteiger partial charge >= 0.3 is 6.18 Å². The first-order valence-corrected chi connectivity index (χ1v) is 7.95. The minimum Gasteiger partial charge on any atom is -0.459 e. The van der Waals surface area contributed by atoms with Crippen molar-refractivity contribution in [1.82, 2.24) is 4.90 Å². The number of aryl methyl sites for hydroxylation is 1. The molecule has 0 radical (unpaired) electrons. The Balaban J connectivity index is 1.68. The molecule has 0 unspecified atom stereocenters. The third-order valence-corrected chi connectivity index (χ3v) is 4.20. The largest absolute Gasteiger partial charge is 0.459 e. The number of benzene rings is 1. The van der Waals surface area contributed by atoms with Crippen molar-refractivity contribution in [2.75, 3.05) is 19.7 Å². The van der Waals surface area contributed by atoms with E-state index in [-0.39, 0.29) is 12.0 Å². The molecule has 0 saturated carbocycles. The Bertz CT molecular complexity index is 754. The van der Waals surface area contributed by atoms with Gasteiger partial charge in [-0.15, -0.1) is 0 Å². The number of hydrogen-bond donors (Lipinski definition) is 0. The van der Waals surface area contributed by atoms with Gasteiger partial charge in [0, 0.05) is 25.1 Å². The molecule has 1 aliphatic heterocycles. The monoisotopic (exact) mass is 353 g/mol. The van der Waals surface area contributed by atoms with Crippen molar-refractivity contribution < 1.29 is 27.1 Å². The summed E-state index contributed by atoms with van der Waals surface area (Å²) in [6.45, 7) is 2.87. The summed E-state index contributed by atoms with van der Waals surface area (Å²) in [6, 6.07) is 6.90. The summed E-state index contributed by atoms with van der Waals surface area (Å²) >= 11 is 0. The molecule has 2 aromatic rings. The van der Waals surface area contributed by atoms with Crippen LogP contribution in [0.4, 0.5) is 13.2 Å². The van der Waals surface area contributed by atoms with Gasteiger partial charge in [0.2, 0.25) is 0 Å². The minimum atomic E-state index is -4.37. The normalized spacial score (nSPS) is 18.4. The van der Waals surface area contributed by atoms with Crippen LogP contribution in [0.1, 0.15) is 27.2 Å². The summed E-state index contributed by atoms with van der Waals surface area (Å²) in [5.41, 5.74) is 0.606. The second-order valence-corrected chi connectivity index (χ2v) is 6.08. The first-order valence-electron chi connectivity index (χ1n) is 7.95. The zero-order valence-corrected chi connectivity index (χ0v) is 13.7. The van der Waals surface area contributed by atoms with Gasteiger partial charge in [-0.3, -0.25) is 4.79 Å². The molecule has 1 fully saturated rings. The van der Waals surface area contributed by atoms with Crippen molar-refractivity contribution in [3.05, 3.63) is 59.0 Å². The van der Waals surface area contributed by atoms with E-state index in [4.69, 9.17) is 9.15 Å². The summed E-state index contributed by atoms with van der Waals surface area (Å²) in [5.74, 6) is 0.0690. The van der Waals surface area contributed by atoms with Gasteiger partial charge < -0.3 is 14.1 Å². The highest BCUT2D eigenvalue weighted by Crippen LogP contribution is 2.30. The fourth-order valence-corrected chi connectivity index (χ4v) is 2.90. The lowest BCUT2D eigenvalue weighted by atomic mass is 10.0. The molecule has 0 bridgehead atoms. The number of hydrogen-bond acceptors (Lipinski definition) is 3. The maximum Gasteiger partial charge on any atom is 0.416 e. The van der Waals surface area contributed by atoms with Crippen molar-refractivity contribution >= 4 is 5.91 Å². The SMILES string of the molecule is Cc1ccoc1C(=O)N1CCO[C@H](Cc2cccc(C(F)(F)F)c2)C1. The van der Waals surface area contributed by atoms with E-state index < -0.39 is 11.7 Å². The molecule has 0 aliphatic carbocycles. The Kier molecular flexibility index (Phi) is 4.85. The summed E-state index contributed by atoms with van der Waals surface area (Å²) in [5, 5.41) is 0. The average molecular weight is 353 g/mol. The standard InChI is InChI=1S/C18H18F3NO3/c1-12-5-7-25-16(12)17(23)22-6-8-24-15(11-22)10-13-3-2-4-14(9-13)18(19,20)21/h2-5,7,9,15H,6,8,10-11H2,1H3/t15-/m1/s1. The Labute approximate surface area is 143 Å². The van der Waals surface area contributed by atoms with Crippen molar-refractivity contribution in [3.8, 4) is 0 Å². The number of nitrogens with zero attached hydrogens (tertiary/aromatic N) is 1. The quantitative estimate of drug-likeness (QED) is 0.845. The lowest BCUT2D eigenvalue weighted by Crippen LogP contribution is -2.46. The fourth-order valence-electron chi connectivity index (χ4n) is 2.90. The number of rotatable bonds is 3. The van der Waals surface area contributed by atoms with E-state index in [1.807, 2.05) is 0 Å². The van der Waals surface area contributed by atoms with Crippen LogP contribution in [0.25, 0.3) is 0 Å². The van der Waals surface area contributed by atoms with E-state index >= 15 is 0 Å². The highest BCUT2D eigenvalue weighted by molar-refractivity contribution is 5.92. The van der Waals surface area contributed by atoms with Crippen LogP contribution in [0.15, 0.2) is 41.0 Å². The van der Waals surface area contributed by atoms with Crippen LogP contribution in [-0.2, 0) is 17.3 Å². The number of halogens is 3. The second kappa shape index (κ2) is 6.92. The lowest BCUT2D eigenvalue weighted by molar-refractivity contribution is -0.137. The van der Waals surface area contributed by atoms with Gasteiger partial charge in [-0.05, 0) is 24.6 Å². The van der Waals surface area contributed by atoms with Crippen LogP contribution >= 0.6 is 0 Å². The number of morpholine rings is 1. The highest BCUT2D eigenvalue weighted by atomic mass is 19.4. The van der Waals surface area contributed by atoms with Gasteiger partial charge in [-0.1, -0.05) is 18.2 Å². The Morgan fingerprint density at radius 1 is 1.32 bits per heavy atom. The first-order chi connectivity index (χ1) is 11.8. The molecule has 1 aromatic heterocycles. The zero-order valence-electron chi connectivity index (χ0n) is 13.7. The maximum absolute atomic E-state index is 12.8. The molecule has 1 aromatic carbocycles. The summed E-state index contributed by atoms with van der Waals surface area (Å²) in [6.07, 6.45) is -2.95. The molecular weight excluding hydrogens is 335 g/mol. The van der Waals surface area contributed by atoms with Crippen molar-refractivity contribution in [2.45, 2.75) is 25.6 Å². The zero-order chi connectivity index (χ0) is 18.0. The third kappa shape index (κ3) is 4.04. The second-order valence-electron chi connectivity index (χ2n) is 6.08. The first kappa shape index (κ1) is 17.5. The Morgan fingerprint density at radius 3 is 2.80 bits per heavy atom. The molecule has 1 atom stereocenters. The Hall–Kier alpha value is -2.28. The van der Waals surface area contributed by atoms with Gasteiger partial charge in [-0.2, -0.15) is 13.2 Å². The Morgan fingerprint density at radius 2 is 2.12 bits per heavy atom. The van der Waals surface area contributed by atoms with E-state index in [2.05, 4.69) is 0 Å². The van der Waals surface area contributed by atoms with Crippen LogP contribution in [-0.4, -0.2) is 36.6 Å². The number of carbonyl (C=O) groups excluding carboxylic acids is 1. The minimum absolute atomic E-state index is 0.222. The van der Waals surface area contributed by atoms with Crippen LogP contribution in [0, 0.1) is 6.92 Å².